The number of carbonyl (C=O) groups is 1. The third-order valence-electron chi connectivity index (χ3n) is 2.44. The monoisotopic (exact) mass is 260 g/mol. The van der Waals surface area contributed by atoms with Gasteiger partial charge in [-0.05, 0) is 42.5 Å². The van der Waals surface area contributed by atoms with E-state index in [2.05, 4.69) is 0 Å². The van der Waals surface area contributed by atoms with Gasteiger partial charge >= 0.3 is 5.97 Å². The van der Waals surface area contributed by atoms with Crippen LogP contribution in [-0.2, 0) is 11.2 Å². The Morgan fingerprint density at radius 1 is 1.44 bits per heavy atom. The summed E-state index contributed by atoms with van der Waals surface area (Å²) < 4.78 is 0. The van der Waals surface area contributed by atoms with Crippen molar-refractivity contribution in [2.45, 2.75) is 26.2 Å². The first-order valence-electron chi connectivity index (χ1n) is 5.14. The molecule has 0 spiro atoms. The Morgan fingerprint density at radius 3 is 2.75 bits per heavy atom. The summed E-state index contributed by atoms with van der Waals surface area (Å²) in [6, 6.07) is 5.34. The maximum absolute atomic E-state index is 10.5. The third-order valence-corrected chi connectivity index (χ3v) is 3.04. The first kappa shape index (κ1) is 13.3. The normalized spacial score (nSPS) is 12.4. The van der Waals surface area contributed by atoms with E-state index >= 15 is 0 Å². The molecule has 0 radical (unpaired) electrons. The molecule has 16 heavy (non-hydrogen) atoms. The molecule has 0 aliphatic heterocycles. The van der Waals surface area contributed by atoms with Gasteiger partial charge in [0, 0.05) is 16.5 Å². The molecule has 0 aromatic heterocycles. The fourth-order valence-corrected chi connectivity index (χ4v) is 1.94. The molecule has 1 rings (SSSR count). The highest BCUT2D eigenvalue weighted by atomic mass is 35.5. The number of aliphatic carboxylic acids is 1. The molecule has 1 unspecified atom stereocenters. The van der Waals surface area contributed by atoms with Gasteiger partial charge in [0.25, 0.3) is 0 Å². The second-order valence-electron chi connectivity index (χ2n) is 3.98. The number of aryl methyl sites for hydroxylation is 1. The Morgan fingerprint density at radius 2 is 2.12 bits per heavy atom. The zero-order valence-electron chi connectivity index (χ0n) is 9.04. The fourth-order valence-electron chi connectivity index (χ4n) is 1.54. The topological polar surface area (TPSA) is 37.3 Å². The average Bonchev–Trinajstić information content (AvgIpc) is 2.18. The van der Waals surface area contributed by atoms with Crippen molar-refractivity contribution in [2.75, 3.05) is 0 Å². The summed E-state index contributed by atoms with van der Waals surface area (Å²) in [5.74, 6) is -0.614. The van der Waals surface area contributed by atoms with Crippen LogP contribution >= 0.6 is 23.2 Å². The summed E-state index contributed by atoms with van der Waals surface area (Å²) in [7, 11) is 0. The Balaban J connectivity index is 2.54. The van der Waals surface area contributed by atoms with Crippen LogP contribution in [-0.4, -0.2) is 11.1 Å². The van der Waals surface area contributed by atoms with Gasteiger partial charge in [0.05, 0.1) is 0 Å². The lowest BCUT2D eigenvalue weighted by Crippen LogP contribution is -2.05. The number of benzene rings is 1. The van der Waals surface area contributed by atoms with Crippen LogP contribution in [0.4, 0.5) is 0 Å². The molecular formula is C12H14Cl2O2. The number of rotatable bonds is 5. The summed E-state index contributed by atoms with van der Waals surface area (Å²) >= 11 is 11.9. The van der Waals surface area contributed by atoms with Crippen molar-refractivity contribution in [3.05, 3.63) is 33.8 Å². The van der Waals surface area contributed by atoms with Gasteiger partial charge in [-0.1, -0.05) is 30.1 Å². The van der Waals surface area contributed by atoms with E-state index in [0.717, 1.165) is 18.4 Å². The largest absolute Gasteiger partial charge is 0.481 e. The van der Waals surface area contributed by atoms with E-state index < -0.39 is 5.97 Å². The molecule has 0 saturated heterocycles. The molecule has 2 nitrogen and oxygen atoms in total. The number of halogens is 2. The van der Waals surface area contributed by atoms with Crippen LogP contribution in [0, 0.1) is 5.92 Å². The molecule has 0 fully saturated rings. The van der Waals surface area contributed by atoms with Crippen LogP contribution in [0.3, 0.4) is 0 Å². The van der Waals surface area contributed by atoms with Gasteiger partial charge in [0.15, 0.2) is 0 Å². The molecule has 0 bridgehead atoms. The summed E-state index contributed by atoms with van der Waals surface area (Å²) in [4.78, 5) is 10.5. The van der Waals surface area contributed by atoms with E-state index in [-0.39, 0.29) is 12.3 Å². The van der Waals surface area contributed by atoms with E-state index in [9.17, 15) is 4.79 Å². The van der Waals surface area contributed by atoms with Gasteiger partial charge in [0.2, 0.25) is 0 Å². The minimum atomic E-state index is -0.760. The van der Waals surface area contributed by atoms with Gasteiger partial charge in [-0.3, -0.25) is 4.79 Å². The summed E-state index contributed by atoms with van der Waals surface area (Å²) in [5.41, 5.74) is 0.978. The zero-order chi connectivity index (χ0) is 12.1. The molecule has 1 N–H and O–H groups in total. The van der Waals surface area contributed by atoms with Crippen molar-refractivity contribution in [3.63, 3.8) is 0 Å². The fraction of sp³-hybridized carbons (Fsp3) is 0.417. The zero-order valence-corrected chi connectivity index (χ0v) is 10.6. The van der Waals surface area contributed by atoms with Gasteiger partial charge in [-0.25, -0.2) is 0 Å². The molecule has 0 amide bonds. The molecule has 0 aliphatic carbocycles. The molecule has 1 aromatic carbocycles. The lowest BCUT2D eigenvalue weighted by atomic mass is 9.98. The highest BCUT2D eigenvalue weighted by Crippen LogP contribution is 2.23. The van der Waals surface area contributed by atoms with Crippen LogP contribution < -0.4 is 0 Å². The predicted molar refractivity (Wildman–Crippen MR) is 66.2 cm³/mol. The Labute approximate surface area is 105 Å². The SMILES string of the molecule is CC(CCc1cc(Cl)ccc1Cl)CC(=O)O. The van der Waals surface area contributed by atoms with Crippen molar-refractivity contribution in [1.29, 1.82) is 0 Å². The molecule has 0 heterocycles. The van der Waals surface area contributed by atoms with Crippen LogP contribution in [0.25, 0.3) is 0 Å². The number of hydrogen-bond donors (Lipinski definition) is 1. The van der Waals surface area contributed by atoms with E-state index in [1.54, 1.807) is 12.1 Å². The summed E-state index contributed by atoms with van der Waals surface area (Å²) in [5, 5.41) is 9.98. The van der Waals surface area contributed by atoms with Crippen LogP contribution in [0.5, 0.6) is 0 Å². The van der Waals surface area contributed by atoms with Gasteiger partial charge < -0.3 is 5.11 Å². The van der Waals surface area contributed by atoms with Crippen molar-refractivity contribution >= 4 is 29.2 Å². The van der Waals surface area contributed by atoms with Crippen molar-refractivity contribution in [2.24, 2.45) is 5.92 Å². The summed E-state index contributed by atoms with van der Waals surface area (Å²) in [6.45, 7) is 1.92. The van der Waals surface area contributed by atoms with Gasteiger partial charge in [-0.2, -0.15) is 0 Å². The van der Waals surface area contributed by atoms with Crippen molar-refractivity contribution < 1.29 is 9.90 Å². The smallest absolute Gasteiger partial charge is 0.303 e. The maximum atomic E-state index is 10.5. The minimum absolute atomic E-state index is 0.146. The molecule has 1 atom stereocenters. The van der Waals surface area contributed by atoms with E-state index in [4.69, 9.17) is 28.3 Å². The number of carboxylic acids is 1. The lowest BCUT2D eigenvalue weighted by Gasteiger charge is -2.09. The van der Waals surface area contributed by atoms with Crippen molar-refractivity contribution in [1.82, 2.24) is 0 Å². The molecule has 4 heteroatoms. The Hall–Kier alpha value is -0.730. The third kappa shape index (κ3) is 4.42. The maximum Gasteiger partial charge on any atom is 0.303 e. The van der Waals surface area contributed by atoms with E-state index in [0.29, 0.717) is 10.0 Å². The van der Waals surface area contributed by atoms with Crippen LogP contribution in [0.15, 0.2) is 18.2 Å². The first-order chi connectivity index (χ1) is 7.49. The Kier molecular flexibility index (Phi) is 5.10. The predicted octanol–water partition coefficient (Wildman–Crippen LogP) is 4.04. The van der Waals surface area contributed by atoms with E-state index in [1.807, 2.05) is 13.0 Å². The minimum Gasteiger partial charge on any atom is -0.481 e. The number of carboxylic acid groups (broad SMARTS) is 1. The molecule has 0 aliphatic rings. The molecule has 1 aromatic rings. The van der Waals surface area contributed by atoms with Crippen molar-refractivity contribution in [3.8, 4) is 0 Å². The summed E-state index contributed by atoms with van der Waals surface area (Å²) in [6.07, 6.45) is 1.75. The van der Waals surface area contributed by atoms with Crippen LogP contribution in [0.1, 0.15) is 25.3 Å². The highest BCUT2D eigenvalue weighted by Gasteiger charge is 2.09. The lowest BCUT2D eigenvalue weighted by molar-refractivity contribution is -0.138. The second kappa shape index (κ2) is 6.12. The second-order valence-corrected chi connectivity index (χ2v) is 4.82. The van der Waals surface area contributed by atoms with E-state index in [1.165, 1.54) is 0 Å². The molecule has 88 valence electrons. The molecule has 0 saturated carbocycles. The van der Waals surface area contributed by atoms with Gasteiger partial charge in [-0.15, -0.1) is 0 Å². The highest BCUT2D eigenvalue weighted by molar-refractivity contribution is 6.33. The van der Waals surface area contributed by atoms with Crippen LogP contribution in [0.2, 0.25) is 10.0 Å². The molecular weight excluding hydrogens is 247 g/mol. The number of hydrogen-bond acceptors (Lipinski definition) is 1. The standard InChI is InChI=1S/C12H14Cl2O2/c1-8(6-12(15)16)2-3-9-7-10(13)4-5-11(9)14/h4-5,7-8H,2-3,6H2,1H3,(H,15,16). The Bertz CT molecular complexity index is 377. The van der Waals surface area contributed by atoms with Gasteiger partial charge in [0.1, 0.15) is 0 Å². The average molecular weight is 261 g/mol. The quantitative estimate of drug-likeness (QED) is 0.868. The first-order valence-corrected chi connectivity index (χ1v) is 5.90.